The van der Waals surface area contributed by atoms with Crippen LogP contribution in [0.2, 0.25) is 0 Å². The highest BCUT2D eigenvalue weighted by atomic mass is 32.1. The van der Waals surface area contributed by atoms with Crippen LogP contribution < -0.4 is 5.32 Å². The van der Waals surface area contributed by atoms with Crippen molar-refractivity contribution in [3.8, 4) is 0 Å². The van der Waals surface area contributed by atoms with Gasteiger partial charge in [0.1, 0.15) is 0 Å². The molecule has 1 saturated heterocycles. The van der Waals surface area contributed by atoms with Gasteiger partial charge in [-0.25, -0.2) is 4.79 Å². The molecule has 0 spiro atoms. The van der Waals surface area contributed by atoms with Gasteiger partial charge >= 0.3 is 5.97 Å². The van der Waals surface area contributed by atoms with Crippen LogP contribution in [-0.2, 0) is 6.54 Å². The van der Waals surface area contributed by atoms with E-state index in [1.807, 2.05) is 17.4 Å². The van der Waals surface area contributed by atoms with E-state index in [1.165, 1.54) is 30.8 Å². The van der Waals surface area contributed by atoms with Crippen LogP contribution in [0.3, 0.4) is 0 Å². The van der Waals surface area contributed by atoms with E-state index in [2.05, 4.69) is 27.7 Å². The van der Waals surface area contributed by atoms with E-state index >= 15 is 0 Å². The lowest BCUT2D eigenvalue weighted by atomic mass is 10.1. The molecule has 1 fully saturated rings. The van der Waals surface area contributed by atoms with Gasteiger partial charge in [-0.2, -0.15) is 0 Å². The van der Waals surface area contributed by atoms with Gasteiger partial charge in [0.2, 0.25) is 0 Å². The number of hydrogen-bond donors (Lipinski definition) is 2. The Hall–Kier alpha value is -1.69. The summed E-state index contributed by atoms with van der Waals surface area (Å²) in [5.74, 6) is -0.875. The number of benzene rings is 1. The molecule has 1 aromatic carbocycles. The summed E-state index contributed by atoms with van der Waals surface area (Å²) >= 11 is 1.81. The van der Waals surface area contributed by atoms with Crippen molar-refractivity contribution in [1.82, 2.24) is 10.2 Å². The van der Waals surface area contributed by atoms with Crippen molar-refractivity contribution in [2.45, 2.75) is 25.4 Å². The second-order valence-electron chi connectivity index (χ2n) is 5.91. The summed E-state index contributed by atoms with van der Waals surface area (Å²) in [5, 5.41) is 14.7. The Labute approximate surface area is 140 Å². The van der Waals surface area contributed by atoms with Crippen LogP contribution in [0.25, 0.3) is 0 Å². The van der Waals surface area contributed by atoms with Gasteiger partial charge in [-0.1, -0.05) is 18.2 Å². The maximum absolute atomic E-state index is 11.0. The van der Waals surface area contributed by atoms with Crippen molar-refractivity contribution < 1.29 is 9.90 Å². The van der Waals surface area contributed by atoms with Gasteiger partial charge in [0.05, 0.1) is 11.6 Å². The van der Waals surface area contributed by atoms with Crippen LogP contribution >= 0.6 is 11.3 Å². The molecule has 23 heavy (non-hydrogen) atoms. The van der Waals surface area contributed by atoms with Gasteiger partial charge < -0.3 is 10.4 Å². The predicted octanol–water partition coefficient (Wildman–Crippen LogP) is 3.37. The monoisotopic (exact) mass is 330 g/mol. The molecular weight excluding hydrogens is 308 g/mol. The first-order valence-electron chi connectivity index (χ1n) is 8.04. The van der Waals surface area contributed by atoms with E-state index in [0.717, 1.165) is 12.1 Å². The lowest BCUT2D eigenvalue weighted by molar-refractivity contribution is 0.0696. The highest BCUT2D eigenvalue weighted by Gasteiger charge is 2.23. The topological polar surface area (TPSA) is 52.6 Å². The van der Waals surface area contributed by atoms with Gasteiger partial charge in [0.15, 0.2) is 0 Å². The number of aromatic carboxylic acids is 1. The van der Waals surface area contributed by atoms with Crippen molar-refractivity contribution in [1.29, 1.82) is 0 Å². The molecule has 0 amide bonds. The molecule has 2 heterocycles. The van der Waals surface area contributed by atoms with Crippen LogP contribution in [0.1, 0.15) is 39.7 Å². The highest BCUT2D eigenvalue weighted by Crippen LogP contribution is 2.27. The number of carbonyl (C=O) groups is 1. The molecule has 4 nitrogen and oxygen atoms in total. The maximum atomic E-state index is 11.0. The molecule has 1 aliphatic rings. The molecule has 2 N–H and O–H groups in total. The smallest absolute Gasteiger partial charge is 0.335 e. The standard InChI is InChI=1S/C18H22N2O2S/c21-18(22)15-6-3-5-14(11-15)12-19-13-16(17-7-4-10-23-17)20-8-1-2-9-20/h3-7,10-11,16,19H,1-2,8-9,12-13H2,(H,21,22). The molecule has 1 aliphatic heterocycles. The second-order valence-corrected chi connectivity index (χ2v) is 6.89. The summed E-state index contributed by atoms with van der Waals surface area (Å²) in [4.78, 5) is 15.0. The van der Waals surface area contributed by atoms with E-state index in [9.17, 15) is 4.79 Å². The van der Waals surface area contributed by atoms with Gasteiger partial charge in [-0.05, 0) is 55.1 Å². The number of carboxylic acid groups (broad SMARTS) is 1. The molecule has 2 aromatic rings. The third kappa shape index (κ3) is 4.19. The number of rotatable bonds is 7. The molecule has 1 aromatic heterocycles. The summed E-state index contributed by atoms with van der Waals surface area (Å²) in [7, 11) is 0. The Morgan fingerprint density at radius 1 is 1.26 bits per heavy atom. The van der Waals surface area contributed by atoms with Crippen molar-refractivity contribution in [3.63, 3.8) is 0 Å². The fourth-order valence-electron chi connectivity index (χ4n) is 3.11. The SMILES string of the molecule is O=C(O)c1cccc(CNCC(c2cccs2)N2CCCC2)c1. The van der Waals surface area contributed by atoms with Gasteiger partial charge in [-0.15, -0.1) is 11.3 Å². The fraction of sp³-hybridized carbons (Fsp3) is 0.389. The molecule has 3 rings (SSSR count). The number of thiophene rings is 1. The van der Waals surface area contributed by atoms with Crippen LogP contribution in [0, 0.1) is 0 Å². The minimum absolute atomic E-state index is 0.346. The third-order valence-electron chi connectivity index (χ3n) is 4.29. The van der Waals surface area contributed by atoms with E-state index in [4.69, 9.17) is 5.11 Å². The third-order valence-corrected chi connectivity index (χ3v) is 5.27. The number of likely N-dealkylation sites (tertiary alicyclic amines) is 1. The van der Waals surface area contributed by atoms with Gasteiger partial charge in [-0.3, -0.25) is 4.90 Å². The zero-order valence-corrected chi connectivity index (χ0v) is 13.9. The summed E-state index contributed by atoms with van der Waals surface area (Å²) < 4.78 is 0. The Morgan fingerprint density at radius 3 is 2.78 bits per heavy atom. The minimum atomic E-state index is -0.875. The van der Waals surface area contributed by atoms with Crippen molar-refractivity contribution in [2.24, 2.45) is 0 Å². The quantitative estimate of drug-likeness (QED) is 0.817. The zero-order valence-electron chi connectivity index (χ0n) is 13.1. The van der Waals surface area contributed by atoms with Crippen LogP contribution in [0.4, 0.5) is 0 Å². The second kappa shape index (κ2) is 7.73. The number of hydrogen-bond acceptors (Lipinski definition) is 4. The fourth-order valence-corrected chi connectivity index (χ4v) is 3.97. The molecule has 0 radical (unpaired) electrons. The van der Waals surface area contributed by atoms with E-state index < -0.39 is 5.97 Å². The van der Waals surface area contributed by atoms with Gasteiger partial charge in [0.25, 0.3) is 0 Å². The first kappa shape index (κ1) is 16.2. The van der Waals surface area contributed by atoms with Crippen LogP contribution in [0.15, 0.2) is 41.8 Å². The average Bonchev–Trinajstić information content (AvgIpc) is 3.25. The molecule has 0 saturated carbocycles. The maximum Gasteiger partial charge on any atom is 0.335 e. The molecule has 122 valence electrons. The first-order valence-corrected chi connectivity index (χ1v) is 8.92. The summed E-state index contributed by atoms with van der Waals surface area (Å²) in [6, 6.07) is 11.9. The molecule has 5 heteroatoms. The van der Waals surface area contributed by atoms with Crippen molar-refractivity contribution in [3.05, 3.63) is 57.8 Å². The molecule has 1 atom stereocenters. The van der Waals surface area contributed by atoms with Crippen LogP contribution in [-0.4, -0.2) is 35.6 Å². The molecule has 1 unspecified atom stereocenters. The largest absolute Gasteiger partial charge is 0.478 e. The molecular formula is C18H22N2O2S. The summed E-state index contributed by atoms with van der Waals surface area (Å²) in [6.07, 6.45) is 2.56. The first-order chi connectivity index (χ1) is 11.2. The summed E-state index contributed by atoms with van der Waals surface area (Å²) in [5.41, 5.74) is 1.36. The van der Waals surface area contributed by atoms with E-state index in [1.54, 1.807) is 18.2 Å². The Bertz CT molecular complexity index is 636. The number of nitrogens with one attached hydrogen (secondary N) is 1. The highest BCUT2D eigenvalue weighted by molar-refractivity contribution is 7.10. The van der Waals surface area contributed by atoms with Gasteiger partial charge in [0, 0.05) is 18.0 Å². The van der Waals surface area contributed by atoms with Crippen molar-refractivity contribution in [2.75, 3.05) is 19.6 Å². The predicted molar refractivity (Wildman–Crippen MR) is 93.0 cm³/mol. The van der Waals surface area contributed by atoms with Crippen molar-refractivity contribution >= 4 is 17.3 Å². The Morgan fingerprint density at radius 2 is 2.09 bits per heavy atom. The molecule has 0 aliphatic carbocycles. The normalized spacial score (nSPS) is 16.5. The Balaban J connectivity index is 1.61. The van der Waals surface area contributed by atoms with E-state index in [0.29, 0.717) is 18.2 Å². The molecule has 0 bridgehead atoms. The number of nitrogens with zero attached hydrogens (tertiary/aromatic N) is 1. The zero-order chi connectivity index (χ0) is 16.1. The average molecular weight is 330 g/mol. The lowest BCUT2D eigenvalue weighted by Crippen LogP contribution is -2.33. The lowest BCUT2D eigenvalue weighted by Gasteiger charge is -2.27. The summed E-state index contributed by atoms with van der Waals surface area (Å²) in [6.45, 7) is 3.91. The number of carboxylic acids is 1. The minimum Gasteiger partial charge on any atom is -0.478 e. The van der Waals surface area contributed by atoms with E-state index in [-0.39, 0.29) is 0 Å². The van der Waals surface area contributed by atoms with Crippen LogP contribution in [0.5, 0.6) is 0 Å². The Kier molecular flexibility index (Phi) is 5.43.